The minimum absolute atomic E-state index is 0.349. The fraction of sp³-hybridized carbons (Fsp3) is 0. The Labute approximate surface area is 306 Å². The second-order valence-electron chi connectivity index (χ2n) is 11.2. The SMILES string of the molecule is N#C/C(=C1\N=c2cc(F)cc(F)c2=N1)c1nc(-c2ccc3c(c2C#N)=N/C(=C(\C#N)c2c(F)c(F)c(C#N)c(F)c2F)N=3)nc(-c2c(F)c(F)c(F)c(F)c2F)n1. The molecule has 276 valence electrons. The van der Waals surface area contributed by atoms with Crippen molar-refractivity contribution in [3.05, 3.63) is 144 Å². The molecule has 7 rings (SSSR count). The van der Waals surface area contributed by atoms with Gasteiger partial charge in [-0.3, -0.25) is 0 Å². The van der Waals surface area contributed by atoms with Gasteiger partial charge >= 0.3 is 0 Å². The summed E-state index contributed by atoms with van der Waals surface area (Å²) in [6, 6.07) is 8.50. The van der Waals surface area contributed by atoms with Gasteiger partial charge in [-0.15, -0.1) is 0 Å². The predicted octanol–water partition coefficient (Wildman–Crippen LogP) is 4.77. The molecule has 0 bridgehead atoms. The molecule has 0 saturated heterocycles. The number of benzene rings is 4. The maximum absolute atomic E-state index is 15.1. The molecule has 3 heterocycles. The molecular formula is C35H4F11N11. The van der Waals surface area contributed by atoms with Crippen molar-refractivity contribution in [3.63, 3.8) is 0 Å². The first-order valence-electron chi connectivity index (χ1n) is 14.9. The molecule has 0 radical (unpaired) electrons. The van der Waals surface area contributed by atoms with Gasteiger partial charge in [-0.05, 0) is 12.1 Å². The van der Waals surface area contributed by atoms with Crippen LogP contribution in [-0.4, -0.2) is 15.0 Å². The van der Waals surface area contributed by atoms with Crippen molar-refractivity contribution in [1.82, 2.24) is 15.0 Å². The van der Waals surface area contributed by atoms with Gasteiger partial charge in [0, 0.05) is 17.7 Å². The van der Waals surface area contributed by atoms with Crippen LogP contribution in [-0.2, 0) is 0 Å². The molecule has 0 saturated carbocycles. The van der Waals surface area contributed by atoms with Crippen LogP contribution in [0.15, 0.2) is 55.9 Å². The summed E-state index contributed by atoms with van der Waals surface area (Å²) < 4.78 is 160. The molecule has 5 aromatic rings. The Balaban J connectivity index is 1.52. The summed E-state index contributed by atoms with van der Waals surface area (Å²) in [4.78, 5) is 26.8. The first-order valence-corrected chi connectivity index (χ1v) is 14.9. The van der Waals surface area contributed by atoms with E-state index in [0.717, 1.165) is 24.3 Å². The largest absolute Gasteiger partial charge is 0.226 e. The Morgan fingerprint density at radius 2 is 1.04 bits per heavy atom. The molecule has 57 heavy (non-hydrogen) atoms. The Morgan fingerprint density at radius 1 is 0.491 bits per heavy atom. The first kappa shape index (κ1) is 37.1. The highest BCUT2D eigenvalue weighted by molar-refractivity contribution is 5.81. The van der Waals surface area contributed by atoms with Gasteiger partial charge < -0.3 is 0 Å². The zero-order chi connectivity index (χ0) is 41.2. The number of hydrogen-bond donors (Lipinski definition) is 0. The molecule has 0 aliphatic carbocycles. The standard InChI is InChI=1S/C35H4F11N11/c36-9-3-15(37)30-17(4-9)52-33(54-30)14(8-50)34-55-31(56-35(57-34)19-24(42)26(44)28(46)27(45)25(19)43)10-1-2-16-29(11(10)5-47)53-32(51-16)12(6-48)18-22(40)20(38)13(7-49)21(39)23(18)41/h1-4H/b32-12+,33-14-. The van der Waals surface area contributed by atoms with Crippen LogP contribution in [0.4, 0.5) is 48.3 Å². The molecule has 0 spiro atoms. The van der Waals surface area contributed by atoms with E-state index < -0.39 is 148 Å². The number of hydrogen-bond acceptors (Lipinski definition) is 11. The summed E-state index contributed by atoms with van der Waals surface area (Å²) in [6.07, 6.45) is 0. The van der Waals surface area contributed by atoms with E-state index in [-0.39, 0.29) is 5.36 Å². The Morgan fingerprint density at radius 3 is 1.63 bits per heavy atom. The van der Waals surface area contributed by atoms with Crippen LogP contribution in [0.3, 0.4) is 0 Å². The molecule has 0 fully saturated rings. The Bertz CT molecular complexity index is 3200. The van der Waals surface area contributed by atoms with Crippen LogP contribution < -0.4 is 21.4 Å². The van der Waals surface area contributed by atoms with E-state index in [4.69, 9.17) is 5.26 Å². The van der Waals surface area contributed by atoms with Crippen molar-refractivity contribution in [2.75, 3.05) is 0 Å². The average molecular weight is 787 g/mol. The molecule has 22 heteroatoms. The highest BCUT2D eigenvalue weighted by Gasteiger charge is 2.32. The topological polar surface area (TPSA) is 183 Å². The van der Waals surface area contributed by atoms with E-state index >= 15 is 8.78 Å². The number of nitriles is 4. The van der Waals surface area contributed by atoms with E-state index in [1.54, 1.807) is 12.1 Å². The van der Waals surface area contributed by atoms with Gasteiger partial charge in [-0.2, -0.15) is 21.0 Å². The van der Waals surface area contributed by atoms with Gasteiger partial charge in [-0.25, -0.2) is 83.2 Å². The minimum Gasteiger partial charge on any atom is -0.226 e. The summed E-state index contributed by atoms with van der Waals surface area (Å²) >= 11 is 0. The molecule has 11 nitrogen and oxygen atoms in total. The van der Waals surface area contributed by atoms with Crippen LogP contribution in [0.25, 0.3) is 33.9 Å². The quantitative estimate of drug-likeness (QED) is 0.109. The number of nitrogens with zero attached hydrogens (tertiary/aromatic N) is 11. The van der Waals surface area contributed by atoms with Gasteiger partial charge in [0.25, 0.3) is 0 Å². The number of rotatable bonds is 4. The van der Waals surface area contributed by atoms with Crippen molar-refractivity contribution in [2.45, 2.75) is 0 Å². The van der Waals surface area contributed by atoms with Crippen LogP contribution in [0.2, 0.25) is 0 Å². The summed E-state index contributed by atoms with van der Waals surface area (Å²) in [5.74, 6) is -28.2. The van der Waals surface area contributed by atoms with Crippen molar-refractivity contribution in [1.29, 1.82) is 21.0 Å². The van der Waals surface area contributed by atoms with Crippen molar-refractivity contribution < 1.29 is 48.3 Å². The minimum atomic E-state index is -2.57. The molecular weight excluding hydrogens is 783 g/mol. The molecule has 0 N–H and O–H groups in total. The number of halogens is 11. The zero-order valence-corrected chi connectivity index (χ0v) is 26.9. The lowest BCUT2D eigenvalue weighted by Crippen LogP contribution is -2.26. The zero-order valence-electron chi connectivity index (χ0n) is 26.9. The second-order valence-corrected chi connectivity index (χ2v) is 11.2. The number of aromatic nitrogens is 3. The van der Waals surface area contributed by atoms with E-state index in [0.29, 0.717) is 6.07 Å². The van der Waals surface area contributed by atoms with E-state index in [9.17, 15) is 55.3 Å². The van der Waals surface area contributed by atoms with Gasteiger partial charge in [-0.1, -0.05) is 0 Å². The maximum atomic E-state index is 15.1. The maximum Gasteiger partial charge on any atom is 0.200 e. The lowest BCUT2D eigenvalue weighted by Gasteiger charge is -2.11. The van der Waals surface area contributed by atoms with Crippen LogP contribution in [0, 0.1) is 109 Å². The fourth-order valence-electron chi connectivity index (χ4n) is 5.43. The van der Waals surface area contributed by atoms with Crippen LogP contribution >= 0.6 is 0 Å². The molecule has 2 aliphatic rings. The second kappa shape index (κ2) is 13.6. The van der Waals surface area contributed by atoms with Gasteiger partial charge in [0.1, 0.15) is 57.5 Å². The summed E-state index contributed by atoms with van der Waals surface area (Å²) in [5, 5.41) is 37.1. The van der Waals surface area contributed by atoms with E-state index in [1.807, 2.05) is 0 Å². The third-order valence-corrected chi connectivity index (χ3v) is 7.99. The van der Waals surface area contributed by atoms with Gasteiger partial charge in [0.05, 0.1) is 27.4 Å². The average Bonchev–Trinajstić information content (AvgIpc) is 3.82. The number of allylic oxidation sites excluding steroid dienone is 2. The molecule has 4 aromatic carbocycles. The van der Waals surface area contributed by atoms with Gasteiger partial charge in [0.2, 0.25) is 5.82 Å². The third kappa shape index (κ3) is 5.67. The third-order valence-electron chi connectivity index (χ3n) is 7.99. The Kier molecular flexibility index (Phi) is 8.82. The summed E-state index contributed by atoms with van der Waals surface area (Å²) in [5.41, 5.74) is -8.33. The molecule has 0 atom stereocenters. The highest BCUT2D eigenvalue weighted by Crippen LogP contribution is 2.34. The fourth-order valence-corrected chi connectivity index (χ4v) is 5.43. The molecule has 1 aromatic heterocycles. The van der Waals surface area contributed by atoms with Crippen molar-refractivity contribution in [2.24, 2.45) is 20.0 Å². The van der Waals surface area contributed by atoms with E-state index in [2.05, 4.69) is 34.9 Å². The van der Waals surface area contributed by atoms with Gasteiger partial charge in [0.15, 0.2) is 81.5 Å². The van der Waals surface area contributed by atoms with Crippen molar-refractivity contribution in [3.8, 4) is 47.1 Å². The molecule has 2 aliphatic heterocycles. The molecule has 0 amide bonds. The van der Waals surface area contributed by atoms with Crippen LogP contribution in [0.1, 0.15) is 22.5 Å². The Hall–Kier alpha value is -8.24. The lowest BCUT2D eigenvalue weighted by atomic mass is 10.0. The number of fused-ring (bicyclic) bond motifs is 2. The summed E-state index contributed by atoms with van der Waals surface area (Å²) in [7, 11) is 0. The van der Waals surface area contributed by atoms with Crippen molar-refractivity contribution >= 4 is 11.1 Å². The van der Waals surface area contributed by atoms with E-state index in [1.165, 1.54) is 6.07 Å². The molecule has 0 unspecified atom stereocenters. The smallest absolute Gasteiger partial charge is 0.200 e. The predicted molar refractivity (Wildman–Crippen MR) is 162 cm³/mol. The summed E-state index contributed by atoms with van der Waals surface area (Å²) in [6.45, 7) is 0. The first-order chi connectivity index (χ1) is 27.1. The lowest BCUT2D eigenvalue weighted by molar-refractivity contribution is 0.380. The van der Waals surface area contributed by atoms with Crippen LogP contribution in [0.5, 0.6) is 0 Å². The highest BCUT2D eigenvalue weighted by atomic mass is 19.2. The normalized spacial score (nSPS) is 14.1. The monoisotopic (exact) mass is 787 g/mol.